The first-order valence-corrected chi connectivity index (χ1v) is 7.52. The molecule has 3 N–H and O–H groups in total. The molecule has 2 aromatic rings. The van der Waals surface area contributed by atoms with Crippen molar-refractivity contribution in [1.29, 1.82) is 0 Å². The Hall–Kier alpha value is -1.26. The van der Waals surface area contributed by atoms with Gasteiger partial charge < -0.3 is 4.74 Å². The lowest BCUT2D eigenvalue weighted by atomic mass is 10.0. The molecule has 0 heterocycles. The highest BCUT2D eigenvalue weighted by Crippen LogP contribution is 2.22. The van der Waals surface area contributed by atoms with Gasteiger partial charge in [-0.2, -0.15) is 0 Å². The van der Waals surface area contributed by atoms with E-state index >= 15 is 0 Å². The van der Waals surface area contributed by atoms with Gasteiger partial charge in [0, 0.05) is 16.1 Å². The molecule has 0 aromatic heterocycles. The molecule has 21 heavy (non-hydrogen) atoms. The zero-order valence-electron chi connectivity index (χ0n) is 11.6. The fourth-order valence-corrected chi connectivity index (χ4v) is 2.43. The third-order valence-electron chi connectivity index (χ3n) is 3.19. The van der Waals surface area contributed by atoms with Crippen LogP contribution in [0, 0.1) is 0 Å². The summed E-state index contributed by atoms with van der Waals surface area (Å²) in [6.07, 6.45) is 1.47. The van der Waals surface area contributed by atoms with E-state index in [1.165, 1.54) is 0 Å². The zero-order valence-corrected chi connectivity index (χ0v) is 13.1. The van der Waals surface area contributed by atoms with E-state index in [0.29, 0.717) is 23.1 Å². The van der Waals surface area contributed by atoms with Gasteiger partial charge in [-0.3, -0.25) is 11.3 Å². The fourth-order valence-electron chi connectivity index (χ4n) is 2.05. The van der Waals surface area contributed by atoms with Gasteiger partial charge in [0.1, 0.15) is 5.75 Å². The lowest BCUT2D eigenvalue weighted by Crippen LogP contribution is -2.38. The second-order valence-electron chi connectivity index (χ2n) is 4.75. The van der Waals surface area contributed by atoms with E-state index in [1.807, 2.05) is 36.4 Å². The third kappa shape index (κ3) is 5.21. The van der Waals surface area contributed by atoms with Crippen molar-refractivity contribution in [2.75, 3.05) is 6.61 Å². The fraction of sp³-hybridized carbons (Fsp3) is 0.250. The molecule has 2 aromatic carbocycles. The van der Waals surface area contributed by atoms with Gasteiger partial charge >= 0.3 is 0 Å². The topological polar surface area (TPSA) is 47.3 Å². The molecule has 0 aliphatic heterocycles. The molecule has 0 fully saturated rings. The zero-order chi connectivity index (χ0) is 15.1. The Labute approximate surface area is 135 Å². The van der Waals surface area contributed by atoms with Crippen molar-refractivity contribution >= 4 is 23.2 Å². The largest absolute Gasteiger partial charge is 0.494 e. The highest BCUT2D eigenvalue weighted by Gasteiger charge is 2.11. The van der Waals surface area contributed by atoms with E-state index in [4.69, 9.17) is 33.8 Å². The van der Waals surface area contributed by atoms with Crippen LogP contribution in [0.4, 0.5) is 0 Å². The summed E-state index contributed by atoms with van der Waals surface area (Å²) in [7, 11) is 0. The standard InChI is InChI=1S/C16H18Cl2N2O/c17-13-6-7-16(18)12(10-13)11-14(20-19)8-9-21-15-4-2-1-3-5-15/h1-7,10,14,20H,8-9,11,19H2. The number of hydrazine groups is 1. The van der Waals surface area contributed by atoms with E-state index in [0.717, 1.165) is 17.7 Å². The smallest absolute Gasteiger partial charge is 0.119 e. The predicted molar refractivity (Wildman–Crippen MR) is 87.8 cm³/mol. The SMILES string of the molecule is NNC(CCOc1ccccc1)Cc1cc(Cl)ccc1Cl. The summed E-state index contributed by atoms with van der Waals surface area (Å²) < 4.78 is 5.68. The normalized spacial score (nSPS) is 12.1. The first-order chi connectivity index (χ1) is 10.2. The number of halogens is 2. The molecule has 5 heteroatoms. The molecule has 112 valence electrons. The molecule has 3 nitrogen and oxygen atoms in total. The molecule has 0 saturated carbocycles. The van der Waals surface area contributed by atoms with Gasteiger partial charge in [-0.1, -0.05) is 41.4 Å². The molecule has 0 aliphatic rings. The van der Waals surface area contributed by atoms with Crippen LogP contribution in [0.2, 0.25) is 10.0 Å². The number of nitrogens with two attached hydrogens (primary N) is 1. The quantitative estimate of drug-likeness (QED) is 0.601. The van der Waals surface area contributed by atoms with Crippen molar-refractivity contribution in [2.45, 2.75) is 18.9 Å². The molecule has 1 unspecified atom stereocenters. The first kappa shape index (κ1) is 16.1. The Morgan fingerprint density at radius 3 is 2.57 bits per heavy atom. The van der Waals surface area contributed by atoms with Crippen LogP contribution < -0.4 is 16.0 Å². The van der Waals surface area contributed by atoms with Crippen LogP contribution in [-0.4, -0.2) is 12.6 Å². The van der Waals surface area contributed by atoms with Gasteiger partial charge in [-0.15, -0.1) is 0 Å². The summed E-state index contributed by atoms with van der Waals surface area (Å²) in [4.78, 5) is 0. The van der Waals surface area contributed by atoms with Crippen molar-refractivity contribution in [3.63, 3.8) is 0 Å². The van der Waals surface area contributed by atoms with Crippen LogP contribution in [0.3, 0.4) is 0 Å². The van der Waals surface area contributed by atoms with Crippen molar-refractivity contribution in [3.8, 4) is 5.75 Å². The van der Waals surface area contributed by atoms with Crippen molar-refractivity contribution < 1.29 is 4.74 Å². The molecule has 2 rings (SSSR count). The molecular weight excluding hydrogens is 307 g/mol. The minimum Gasteiger partial charge on any atom is -0.494 e. The van der Waals surface area contributed by atoms with Crippen LogP contribution in [0.1, 0.15) is 12.0 Å². The monoisotopic (exact) mass is 324 g/mol. The average molecular weight is 325 g/mol. The number of hydrogen-bond donors (Lipinski definition) is 2. The van der Waals surface area contributed by atoms with E-state index in [2.05, 4.69) is 5.43 Å². The Bertz CT molecular complexity index is 563. The van der Waals surface area contributed by atoms with Crippen LogP contribution in [0.25, 0.3) is 0 Å². The Balaban J connectivity index is 1.87. The minimum absolute atomic E-state index is 0.0738. The molecule has 0 aliphatic carbocycles. The third-order valence-corrected chi connectivity index (χ3v) is 3.79. The van der Waals surface area contributed by atoms with E-state index < -0.39 is 0 Å². The van der Waals surface area contributed by atoms with Gasteiger partial charge in [0.2, 0.25) is 0 Å². The number of para-hydroxylation sites is 1. The van der Waals surface area contributed by atoms with Gasteiger partial charge in [-0.25, -0.2) is 0 Å². The lowest BCUT2D eigenvalue weighted by Gasteiger charge is -2.17. The van der Waals surface area contributed by atoms with E-state index in [-0.39, 0.29) is 6.04 Å². The first-order valence-electron chi connectivity index (χ1n) is 6.77. The summed E-state index contributed by atoms with van der Waals surface area (Å²) in [5, 5.41) is 1.37. The van der Waals surface area contributed by atoms with Crippen molar-refractivity contribution in [1.82, 2.24) is 5.43 Å². The van der Waals surface area contributed by atoms with Crippen molar-refractivity contribution in [2.24, 2.45) is 5.84 Å². The molecule has 0 bridgehead atoms. The second-order valence-corrected chi connectivity index (χ2v) is 5.60. The molecule has 0 spiro atoms. The molecule has 0 radical (unpaired) electrons. The maximum atomic E-state index is 6.17. The molecule has 0 amide bonds. The number of hydrogen-bond acceptors (Lipinski definition) is 3. The van der Waals surface area contributed by atoms with Crippen LogP contribution in [-0.2, 0) is 6.42 Å². The Kier molecular flexibility index (Phi) is 6.33. The lowest BCUT2D eigenvalue weighted by molar-refractivity contribution is 0.285. The summed E-state index contributed by atoms with van der Waals surface area (Å²) in [5.41, 5.74) is 3.78. The van der Waals surface area contributed by atoms with Crippen molar-refractivity contribution in [3.05, 3.63) is 64.1 Å². The number of ether oxygens (including phenoxy) is 1. The summed E-state index contributed by atoms with van der Waals surface area (Å²) in [6, 6.07) is 15.2. The summed E-state index contributed by atoms with van der Waals surface area (Å²) in [6.45, 7) is 0.580. The highest BCUT2D eigenvalue weighted by molar-refractivity contribution is 6.33. The summed E-state index contributed by atoms with van der Waals surface area (Å²) >= 11 is 12.2. The van der Waals surface area contributed by atoms with E-state index in [1.54, 1.807) is 12.1 Å². The maximum Gasteiger partial charge on any atom is 0.119 e. The number of rotatable bonds is 7. The Morgan fingerprint density at radius 2 is 1.86 bits per heavy atom. The van der Waals surface area contributed by atoms with Gasteiger partial charge in [-0.05, 0) is 48.7 Å². The van der Waals surface area contributed by atoms with Crippen LogP contribution in [0.5, 0.6) is 5.75 Å². The predicted octanol–water partition coefficient (Wildman–Crippen LogP) is 3.84. The molecular formula is C16H18Cl2N2O. The van der Waals surface area contributed by atoms with Crippen LogP contribution >= 0.6 is 23.2 Å². The molecule has 1 atom stereocenters. The Morgan fingerprint density at radius 1 is 1.10 bits per heavy atom. The highest BCUT2D eigenvalue weighted by atomic mass is 35.5. The maximum absolute atomic E-state index is 6.17. The van der Waals surface area contributed by atoms with Gasteiger partial charge in [0.05, 0.1) is 6.61 Å². The van der Waals surface area contributed by atoms with Crippen LogP contribution in [0.15, 0.2) is 48.5 Å². The second kappa shape index (κ2) is 8.25. The molecule has 0 saturated heterocycles. The van der Waals surface area contributed by atoms with Gasteiger partial charge in [0.25, 0.3) is 0 Å². The van der Waals surface area contributed by atoms with Gasteiger partial charge in [0.15, 0.2) is 0 Å². The summed E-state index contributed by atoms with van der Waals surface area (Å²) in [5.74, 6) is 6.46. The minimum atomic E-state index is 0.0738. The average Bonchev–Trinajstić information content (AvgIpc) is 2.51. The van der Waals surface area contributed by atoms with E-state index in [9.17, 15) is 0 Å². The number of benzene rings is 2. The number of nitrogens with one attached hydrogen (secondary N) is 1.